The maximum absolute atomic E-state index is 14.3. The van der Waals surface area contributed by atoms with Crippen molar-refractivity contribution >= 4 is 23.5 Å². The van der Waals surface area contributed by atoms with Crippen LogP contribution >= 0.6 is 0 Å². The van der Waals surface area contributed by atoms with Crippen molar-refractivity contribution in [3.8, 4) is 0 Å². The number of hydrogen-bond donors (Lipinski definition) is 2. The zero-order valence-electron chi connectivity index (χ0n) is 35.4. The van der Waals surface area contributed by atoms with Gasteiger partial charge in [0.1, 0.15) is 18.8 Å². The number of nitrogens with one attached hydrogen (secondary N) is 1. The third-order valence-corrected chi connectivity index (χ3v) is 16.6. The van der Waals surface area contributed by atoms with E-state index in [0.29, 0.717) is 31.3 Å². The summed E-state index contributed by atoms with van der Waals surface area (Å²) in [6, 6.07) is 10.3. The van der Waals surface area contributed by atoms with Crippen LogP contribution in [-0.2, 0) is 35.2 Å². The molecule has 5 aliphatic carbocycles. The van der Waals surface area contributed by atoms with Crippen LogP contribution in [0.4, 0.5) is 0 Å². The lowest BCUT2D eigenvalue weighted by atomic mass is 9.33. The van der Waals surface area contributed by atoms with E-state index in [1.165, 1.54) is 18.1 Å². The quantitative estimate of drug-likeness (QED) is 0.204. The van der Waals surface area contributed by atoms with E-state index in [4.69, 9.17) is 9.47 Å². The molecule has 4 fully saturated rings. The molecular weight excluding hydrogens is 691 g/mol. The maximum atomic E-state index is 14.3. The van der Waals surface area contributed by atoms with Crippen molar-refractivity contribution in [2.24, 2.45) is 56.2 Å². The fraction of sp³-hybridized carbons (Fsp3) is 0.745. The monoisotopic (exact) mass is 760 g/mol. The highest BCUT2D eigenvalue weighted by Crippen LogP contribution is 2.77. The smallest absolute Gasteiger partial charge is 0.307 e. The first-order chi connectivity index (χ1) is 25.7. The molecule has 5 aliphatic rings. The van der Waals surface area contributed by atoms with E-state index in [2.05, 4.69) is 65.9 Å². The number of aliphatic hydroxyl groups is 1. The first kappa shape index (κ1) is 41.8. The fourth-order valence-corrected chi connectivity index (χ4v) is 13.6. The van der Waals surface area contributed by atoms with Gasteiger partial charge in [-0.05, 0) is 108 Å². The number of ketones is 2. The minimum absolute atomic E-state index is 0.0326. The molecule has 8 nitrogen and oxygen atoms in total. The Morgan fingerprint density at radius 3 is 2.24 bits per heavy atom. The van der Waals surface area contributed by atoms with E-state index in [0.717, 1.165) is 56.9 Å². The molecule has 0 saturated heterocycles. The van der Waals surface area contributed by atoms with Gasteiger partial charge in [0.25, 0.3) is 0 Å². The molecular formula is C47H69NO7. The molecule has 8 heteroatoms. The lowest BCUT2D eigenvalue weighted by molar-refractivity contribution is -0.235. The third kappa shape index (κ3) is 6.87. The van der Waals surface area contributed by atoms with E-state index in [9.17, 15) is 24.3 Å². The Labute approximate surface area is 330 Å². The van der Waals surface area contributed by atoms with Crippen LogP contribution in [0, 0.1) is 56.2 Å². The average molecular weight is 760 g/mol. The molecule has 0 heterocycles. The van der Waals surface area contributed by atoms with Gasteiger partial charge in [-0.1, -0.05) is 92.6 Å². The summed E-state index contributed by atoms with van der Waals surface area (Å²) < 4.78 is 12.5. The van der Waals surface area contributed by atoms with E-state index in [1.54, 1.807) is 13.8 Å². The van der Waals surface area contributed by atoms with E-state index in [-0.39, 0.29) is 69.5 Å². The van der Waals surface area contributed by atoms with Gasteiger partial charge < -0.3 is 19.9 Å². The number of aliphatic hydroxyl groups excluding tert-OH is 1. The SMILES string of the molecule is CC(=O)O[C@@H](CNCc1ccccc1)[C@@]12CC[C@]3(C)[C@H](CC[C@@H]4[C@@]5(C)CC[C@H](OC(=O)CC(C)(C)C(=O)CO)C(C)(C)[C@@H]5CC[C@]43C)C1=C(C(C)C)C(=O)C2. The molecule has 0 unspecified atom stereocenters. The second-order valence-electron chi connectivity index (χ2n) is 20.5. The van der Waals surface area contributed by atoms with Gasteiger partial charge in [0.2, 0.25) is 0 Å². The molecule has 0 bridgehead atoms. The first-order valence-electron chi connectivity index (χ1n) is 21.2. The van der Waals surface area contributed by atoms with Gasteiger partial charge >= 0.3 is 11.9 Å². The van der Waals surface area contributed by atoms with E-state index in [1.807, 2.05) is 18.2 Å². The molecule has 0 aliphatic heterocycles. The van der Waals surface area contributed by atoms with Gasteiger partial charge in [0, 0.05) is 42.7 Å². The summed E-state index contributed by atoms with van der Waals surface area (Å²) in [4.78, 5) is 52.7. The van der Waals surface area contributed by atoms with Crippen molar-refractivity contribution in [3.63, 3.8) is 0 Å². The number of hydrogen-bond acceptors (Lipinski definition) is 8. The Hall–Kier alpha value is -2.84. The van der Waals surface area contributed by atoms with Crippen molar-refractivity contribution < 1.29 is 33.8 Å². The number of allylic oxidation sites excluding steroid dienone is 1. The predicted molar refractivity (Wildman–Crippen MR) is 214 cm³/mol. The number of rotatable bonds is 12. The summed E-state index contributed by atoms with van der Waals surface area (Å²) >= 11 is 0. The summed E-state index contributed by atoms with van der Waals surface area (Å²) in [6.45, 7) is 22.0. The van der Waals surface area contributed by atoms with Crippen molar-refractivity contribution in [1.82, 2.24) is 5.32 Å². The van der Waals surface area contributed by atoms with Crippen LogP contribution in [0.25, 0.3) is 0 Å². The van der Waals surface area contributed by atoms with E-state index < -0.39 is 23.5 Å². The summed E-state index contributed by atoms with van der Waals surface area (Å²) in [6.07, 6.45) is 7.47. The van der Waals surface area contributed by atoms with Crippen LogP contribution in [0.15, 0.2) is 41.5 Å². The summed E-state index contributed by atoms with van der Waals surface area (Å²) in [7, 11) is 0. The lowest BCUT2D eigenvalue weighted by Gasteiger charge is -2.72. The number of carbonyl (C=O) groups is 4. The Balaban J connectivity index is 1.29. The van der Waals surface area contributed by atoms with E-state index >= 15 is 0 Å². The van der Waals surface area contributed by atoms with Gasteiger partial charge in [-0.25, -0.2) is 0 Å². The second-order valence-corrected chi connectivity index (χ2v) is 20.5. The number of fused-ring (bicyclic) bond motifs is 7. The molecule has 9 atom stereocenters. The molecule has 4 saturated carbocycles. The van der Waals surface area contributed by atoms with Gasteiger partial charge in [-0.3, -0.25) is 19.2 Å². The first-order valence-corrected chi connectivity index (χ1v) is 21.2. The topological polar surface area (TPSA) is 119 Å². The van der Waals surface area contributed by atoms with Crippen molar-refractivity contribution in [1.29, 1.82) is 0 Å². The van der Waals surface area contributed by atoms with Crippen LogP contribution < -0.4 is 5.32 Å². The molecule has 0 radical (unpaired) electrons. The molecule has 1 aromatic rings. The molecule has 0 aromatic heterocycles. The molecule has 0 spiro atoms. The molecule has 304 valence electrons. The molecule has 55 heavy (non-hydrogen) atoms. The minimum atomic E-state index is -0.969. The second kappa shape index (κ2) is 14.8. The third-order valence-electron chi connectivity index (χ3n) is 16.6. The minimum Gasteiger partial charge on any atom is -0.462 e. The Bertz CT molecular complexity index is 1700. The van der Waals surface area contributed by atoms with Crippen LogP contribution in [0.3, 0.4) is 0 Å². The summed E-state index contributed by atoms with van der Waals surface area (Å²) in [5.41, 5.74) is 1.78. The molecule has 2 N–H and O–H groups in total. The number of Topliss-reactive ketones (excluding diaryl/α,β-unsaturated/α-hetero) is 2. The zero-order chi connectivity index (χ0) is 40.4. The standard InChI is InChI=1S/C47H69NO7/c1-29(2)40-33(51)24-47(38(54-30(3)50)27-48-26-31-14-12-11-13-15-31)23-22-45(9)32(41(40)47)16-17-35-44(8)20-19-37(43(6,7)34(44)18-21-46(35,45)10)55-39(53)25-42(4,5)36(52)28-49/h11-15,29,32,34-35,37-38,48-49H,16-28H2,1-10H3/t32-,34+,35-,37+,38+,44+,45-,46-,47+/m1/s1. The molecule has 1 aromatic carbocycles. The fourth-order valence-electron chi connectivity index (χ4n) is 13.6. The lowest BCUT2D eigenvalue weighted by Crippen LogP contribution is -2.66. The van der Waals surface area contributed by atoms with Crippen molar-refractivity contribution in [2.75, 3.05) is 13.2 Å². The Morgan fingerprint density at radius 2 is 1.60 bits per heavy atom. The van der Waals surface area contributed by atoms with Crippen LogP contribution in [0.1, 0.15) is 139 Å². The molecule has 0 amide bonds. The number of ether oxygens (including phenoxy) is 2. The average Bonchev–Trinajstić information content (AvgIpc) is 3.42. The highest BCUT2D eigenvalue weighted by molar-refractivity contribution is 6.01. The van der Waals surface area contributed by atoms with Gasteiger partial charge in [-0.15, -0.1) is 0 Å². The van der Waals surface area contributed by atoms with Crippen LogP contribution in [-0.4, -0.2) is 54.0 Å². The Kier molecular flexibility index (Phi) is 11.3. The predicted octanol–water partition coefficient (Wildman–Crippen LogP) is 8.58. The zero-order valence-corrected chi connectivity index (χ0v) is 35.4. The van der Waals surface area contributed by atoms with Crippen LogP contribution in [0.5, 0.6) is 0 Å². The number of esters is 2. The number of benzene rings is 1. The molecule has 6 rings (SSSR count). The number of carbonyl (C=O) groups excluding carboxylic acids is 4. The highest BCUT2D eigenvalue weighted by Gasteiger charge is 2.71. The van der Waals surface area contributed by atoms with Gasteiger partial charge in [-0.2, -0.15) is 0 Å². The van der Waals surface area contributed by atoms with Gasteiger partial charge in [0.15, 0.2) is 11.6 Å². The van der Waals surface area contributed by atoms with Crippen molar-refractivity contribution in [3.05, 3.63) is 47.0 Å². The largest absolute Gasteiger partial charge is 0.462 e. The van der Waals surface area contributed by atoms with Crippen LogP contribution in [0.2, 0.25) is 0 Å². The summed E-state index contributed by atoms with van der Waals surface area (Å²) in [5.74, 6) is 0.374. The normalized spacial score (nSPS) is 36.0. The summed E-state index contributed by atoms with van der Waals surface area (Å²) in [5, 5.41) is 13.1. The maximum Gasteiger partial charge on any atom is 0.307 e. The highest BCUT2D eigenvalue weighted by atomic mass is 16.5. The van der Waals surface area contributed by atoms with Crippen molar-refractivity contribution in [2.45, 2.75) is 152 Å². The Morgan fingerprint density at radius 1 is 0.909 bits per heavy atom. The van der Waals surface area contributed by atoms with Gasteiger partial charge in [0.05, 0.1) is 6.42 Å².